The summed E-state index contributed by atoms with van der Waals surface area (Å²) >= 11 is 0. The Morgan fingerprint density at radius 2 is 2.06 bits per heavy atom. The molecule has 0 aliphatic rings. The predicted molar refractivity (Wildman–Crippen MR) is 69.1 cm³/mol. The van der Waals surface area contributed by atoms with Gasteiger partial charge in [-0.15, -0.1) is 0 Å². The molecular formula is C14H23NO. The highest BCUT2D eigenvalue weighted by Crippen LogP contribution is 2.19. The van der Waals surface area contributed by atoms with E-state index in [1.807, 2.05) is 12.1 Å². The lowest BCUT2D eigenvalue weighted by atomic mass is 10.0. The first-order valence-corrected chi connectivity index (χ1v) is 6.13. The van der Waals surface area contributed by atoms with Crippen molar-refractivity contribution >= 4 is 0 Å². The molecule has 1 N–H and O–H groups in total. The summed E-state index contributed by atoms with van der Waals surface area (Å²) in [5.74, 6) is 1.01. The van der Waals surface area contributed by atoms with Crippen LogP contribution in [0, 0.1) is 0 Å². The van der Waals surface area contributed by atoms with Crippen LogP contribution in [0.5, 0.6) is 5.75 Å². The number of para-hydroxylation sites is 1. The normalized spacial score (nSPS) is 12.4. The number of nitrogens with one attached hydrogen (secondary N) is 1. The Morgan fingerprint density at radius 3 is 2.75 bits per heavy atom. The van der Waals surface area contributed by atoms with Crippen LogP contribution in [0.25, 0.3) is 0 Å². The molecule has 0 saturated carbocycles. The average molecular weight is 221 g/mol. The Balaban J connectivity index is 2.36. The van der Waals surface area contributed by atoms with E-state index in [1.54, 1.807) is 7.11 Å². The van der Waals surface area contributed by atoms with Gasteiger partial charge in [0.2, 0.25) is 0 Å². The molecule has 1 atom stereocenters. The topological polar surface area (TPSA) is 21.3 Å². The highest BCUT2D eigenvalue weighted by Gasteiger charge is 2.03. The largest absolute Gasteiger partial charge is 0.496 e. The van der Waals surface area contributed by atoms with Gasteiger partial charge in [-0.2, -0.15) is 0 Å². The zero-order valence-electron chi connectivity index (χ0n) is 10.6. The minimum absolute atomic E-state index is 0.611. The van der Waals surface area contributed by atoms with Gasteiger partial charge in [-0.1, -0.05) is 25.1 Å². The molecule has 0 aromatic heterocycles. The van der Waals surface area contributed by atoms with Gasteiger partial charge in [0.25, 0.3) is 0 Å². The van der Waals surface area contributed by atoms with Crippen LogP contribution in [0.2, 0.25) is 0 Å². The zero-order chi connectivity index (χ0) is 11.8. The Kier molecular flexibility index (Phi) is 5.94. The molecule has 0 saturated heterocycles. The molecule has 0 aliphatic carbocycles. The predicted octanol–water partition coefficient (Wildman–Crippen LogP) is 3.02. The maximum absolute atomic E-state index is 5.33. The molecule has 1 unspecified atom stereocenters. The number of hydrogen-bond donors (Lipinski definition) is 1. The summed E-state index contributed by atoms with van der Waals surface area (Å²) in [6.07, 6.45) is 3.51. The first kappa shape index (κ1) is 13.0. The van der Waals surface area contributed by atoms with E-state index >= 15 is 0 Å². The van der Waals surface area contributed by atoms with Crippen molar-refractivity contribution in [3.63, 3.8) is 0 Å². The van der Waals surface area contributed by atoms with Gasteiger partial charge >= 0.3 is 0 Å². The fourth-order valence-electron chi connectivity index (χ4n) is 1.96. The molecule has 90 valence electrons. The first-order valence-electron chi connectivity index (χ1n) is 6.13. The van der Waals surface area contributed by atoms with Gasteiger partial charge in [0, 0.05) is 6.04 Å². The molecule has 0 radical (unpaired) electrons. The van der Waals surface area contributed by atoms with E-state index < -0.39 is 0 Å². The summed E-state index contributed by atoms with van der Waals surface area (Å²) in [5.41, 5.74) is 1.31. The summed E-state index contributed by atoms with van der Waals surface area (Å²) in [5, 5.41) is 3.43. The fraction of sp³-hybridized carbons (Fsp3) is 0.571. The smallest absolute Gasteiger partial charge is 0.122 e. The number of methoxy groups -OCH3 is 1. The Hall–Kier alpha value is -1.02. The number of rotatable bonds is 7. The molecule has 16 heavy (non-hydrogen) atoms. The van der Waals surface area contributed by atoms with Crippen molar-refractivity contribution in [2.75, 3.05) is 13.7 Å². The van der Waals surface area contributed by atoms with Crippen LogP contribution in [-0.2, 0) is 6.42 Å². The minimum atomic E-state index is 0.611. The maximum Gasteiger partial charge on any atom is 0.122 e. The molecule has 0 amide bonds. The third-order valence-electron chi connectivity index (χ3n) is 2.83. The lowest BCUT2D eigenvalue weighted by molar-refractivity contribution is 0.408. The van der Waals surface area contributed by atoms with E-state index in [4.69, 9.17) is 4.74 Å². The third-order valence-corrected chi connectivity index (χ3v) is 2.83. The molecule has 0 spiro atoms. The van der Waals surface area contributed by atoms with Gasteiger partial charge in [0.15, 0.2) is 0 Å². The van der Waals surface area contributed by atoms with Gasteiger partial charge in [0.05, 0.1) is 7.11 Å². The van der Waals surface area contributed by atoms with Crippen LogP contribution >= 0.6 is 0 Å². The van der Waals surface area contributed by atoms with Crippen LogP contribution in [0.4, 0.5) is 0 Å². The van der Waals surface area contributed by atoms with E-state index in [2.05, 4.69) is 31.3 Å². The number of benzene rings is 1. The lowest BCUT2D eigenvalue weighted by Crippen LogP contribution is -2.25. The highest BCUT2D eigenvalue weighted by atomic mass is 16.5. The highest BCUT2D eigenvalue weighted by molar-refractivity contribution is 5.33. The lowest BCUT2D eigenvalue weighted by Gasteiger charge is -2.12. The minimum Gasteiger partial charge on any atom is -0.496 e. The van der Waals surface area contributed by atoms with Gasteiger partial charge in [-0.05, 0) is 44.4 Å². The van der Waals surface area contributed by atoms with Gasteiger partial charge in [-0.3, -0.25) is 0 Å². The van der Waals surface area contributed by atoms with Gasteiger partial charge in [-0.25, -0.2) is 0 Å². The van der Waals surface area contributed by atoms with Gasteiger partial charge < -0.3 is 10.1 Å². The Morgan fingerprint density at radius 1 is 1.31 bits per heavy atom. The summed E-state index contributed by atoms with van der Waals surface area (Å²) in [4.78, 5) is 0. The second-order valence-corrected chi connectivity index (χ2v) is 4.16. The molecule has 1 aromatic carbocycles. The van der Waals surface area contributed by atoms with E-state index in [9.17, 15) is 0 Å². The van der Waals surface area contributed by atoms with Crippen molar-refractivity contribution < 1.29 is 4.74 Å². The second kappa shape index (κ2) is 7.29. The second-order valence-electron chi connectivity index (χ2n) is 4.16. The third kappa shape index (κ3) is 4.23. The van der Waals surface area contributed by atoms with Crippen LogP contribution in [0.3, 0.4) is 0 Å². The Labute approximate surface area is 99.0 Å². The van der Waals surface area contributed by atoms with E-state index in [0.717, 1.165) is 18.7 Å². The number of hydrogen-bond acceptors (Lipinski definition) is 2. The molecule has 1 aromatic rings. The standard InChI is InChI=1S/C14H23NO/c1-4-15-12(2)8-7-10-13-9-5-6-11-14(13)16-3/h5-6,9,11-12,15H,4,7-8,10H2,1-3H3. The quantitative estimate of drug-likeness (QED) is 0.764. The van der Waals surface area contributed by atoms with Crippen LogP contribution in [0.15, 0.2) is 24.3 Å². The molecule has 0 heterocycles. The molecule has 2 nitrogen and oxygen atoms in total. The Bertz CT molecular complexity index is 299. The van der Waals surface area contributed by atoms with E-state index in [-0.39, 0.29) is 0 Å². The van der Waals surface area contributed by atoms with Crippen molar-refractivity contribution in [3.05, 3.63) is 29.8 Å². The van der Waals surface area contributed by atoms with E-state index in [0.29, 0.717) is 6.04 Å². The van der Waals surface area contributed by atoms with Gasteiger partial charge in [0.1, 0.15) is 5.75 Å². The number of ether oxygens (including phenoxy) is 1. The van der Waals surface area contributed by atoms with E-state index in [1.165, 1.54) is 18.4 Å². The average Bonchev–Trinajstić information content (AvgIpc) is 2.30. The van der Waals surface area contributed by atoms with Crippen LogP contribution < -0.4 is 10.1 Å². The number of aryl methyl sites for hydroxylation is 1. The van der Waals surface area contributed by atoms with Crippen molar-refractivity contribution in [1.29, 1.82) is 0 Å². The molecule has 0 fully saturated rings. The maximum atomic E-state index is 5.33. The summed E-state index contributed by atoms with van der Waals surface area (Å²) < 4.78 is 5.33. The zero-order valence-corrected chi connectivity index (χ0v) is 10.6. The summed E-state index contributed by atoms with van der Waals surface area (Å²) in [6.45, 7) is 5.44. The summed E-state index contributed by atoms with van der Waals surface area (Å²) in [6, 6.07) is 8.88. The molecule has 0 aliphatic heterocycles. The van der Waals surface area contributed by atoms with Crippen LogP contribution in [0.1, 0.15) is 32.3 Å². The summed E-state index contributed by atoms with van der Waals surface area (Å²) in [7, 11) is 1.74. The van der Waals surface area contributed by atoms with Crippen LogP contribution in [-0.4, -0.2) is 19.7 Å². The first-order chi connectivity index (χ1) is 7.77. The molecule has 0 bridgehead atoms. The van der Waals surface area contributed by atoms with Crippen molar-refractivity contribution in [1.82, 2.24) is 5.32 Å². The molecule has 1 rings (SSSR count). The molecular weight excluding hydrogens is 198 g/mol. The fourth-order valence-corrected chi connectivity index (χ4v) is 1.96. The van der Waals surface area contributed by atoms with Crippen molar-refractivity contribution in [3.8, 4) is 5.75 Å². The monoisotopic (exact) mass is 221 g/mol. The van der Waals surface area contributed by atoms with Crippen molar-refractivity contribution in [2.24, 2.45) is 0 Å². The SMILES string of the molecule is CCNC(C)CCCc1ccccc1OC. The van der Waals surface area contributed by atoms with Crippen molar-refractivity contribution in [2.45, 2.75) is 39.2 Å². The molecule has 2 heteroatoms.